The minimum absolute atomic E-state index is 0.00548. The summed E-state index contributed by atoms with van der Waals surface area (Å²) in [6, 6.07) is 13.7. The fourth-order valence-corrected chi connectivity index (χ4v) is 3.73. The van der Waals surface area contributed by atoms with Crippen molar-refractivity contribution in [2.75, 3.05) is 13.6 Å². The largest absolute Gasteiger partial charge is 0.457 e. The van der Waals surface area contributed by atoms with Crippen molar-refractivity contribution in [2.45, 2.75) is 18.1 Å². The molecule has 4 rings (SSSR count). The Hall–Kier alpha value is -1.55. The number of halogens is 1. The Balaban J connectivity index is 1.96. The van der Waals surface area contributed by atoms with Gasteiger partial charge in [0.2, 0.25) is 0 Å². The number of para-hydroxylation sites is 1. The van der Waals surface area contributed by atoms with Gasteiger partial charge in [0.25, 0.3) is 0 Å². The maximum Gasteiger partial charge on any atom is 0.131 e. The minimum Gasteiger partial charge on any atom is -0.457 e. The van der Waals surface area contributed by atoms with Crippen LogP contribution in [-0.4, -0.2) is 29.8 Å². The smallest absolute Gasteiger partial charge is 0.131 e. The monoisotopic (exact) mass is 301 g/mol. The predicted molar refractivity (Wildman–Crippen MR) is 82.1 cm³/mol. The molecule has 1 fully saturated rings. The maximum atomic E-state index is 10.6. The fraction of sp³-hybridized carbons (Fsp3) is 0.294. The third kappa shape index (κ3) is 1.96. The van der Waals surface area contributed by atoms with Crippen LogP contribution in [0.1, 0.15) is 23.0 Å². The van der Waals surface area contributed by atoms with Gasteiger partial charge in [-0.3, -0.25) is 4.90 Å². The molecule has 0 amide bonds. The van der Waals surface area contributed by atoms with Crippen LogP contribution in [0.3, 0.4) is 0 Å². The molecule has 0 spiro atoms. The van der Waals surface area contributed by atoms with E-state index in [0.717, 1.165) is 29.2 Å². The number of aliphatic hydroxyl groups is 1. The molecule has 21 heavy (non-hydrogen) atoms. The van der Waals surface area contributed by atoms with E-state index in [-0.39, 0.29) is 11.8 Å². The number of aliphatic hydroxyl groups excluding tert-OH is 1. The molecule has 0 radical (unpaired) electrons. The van der Waals surface area contributed by atoms with Crippen LogP contribution in [0.25, 0.3) is 0 Å². The molecule has 2 aromatic rings. The second-order valence-corrected chi connectivity index (χ2v) is 6.24. The van der Waals surface area contributed by atoms with Gasteiger partial charge in [-0.05, 0) is 31.3 Å². The molecule has 3 nitrogen and oxygen atoms in total. The Morgan fingerprint density at radius 1 is 1.14 bits per heavy atom. The lowest BCUT2D eigenvalue weighted by atomic mass is 9.83. The summed E-state index contributed by atoms with van der Waals surface area (Å²) in [5, 5.41) is 11.3. The van der Waals surface area contributed by atoms with Crippen LogP contribution in [0.15, 0.2) is 42.5 Å². The van der Waals surface area contributed by atoms with Gasteiger partial charge in [-0.2, -0.15) is 0 Å². The molecule has 2 aliphatic rings. The van der Waals surface area contributed by atoms with Gasteiger partial charge in [-0.25, -0.2) is 0 Å². The Labute approximate surface area is 128 Å². The molecule has 4 heteroatoms. The van der Waals surface area contributed by atoms with E-state index in [9.17, 15) is 5.11 Å². The Bertz CT molecular complexity index is 703. The van der Waals surface area contributed by atoms with E-state index in [0.29, 0.717) is 5.02 Å². The zero-order valence-corrected chi connectivity index (χ0v) is 12.4. The summed E-state index contributed by atoms with van der Waals surface area (Å²) in [7, 11) is 1.95. The van der Waals surface area contributed by atoms with Gasteiger partial charge in [0.15, 0.2) is 0 Å². The van der Waals surface area contributed by atoms with Crippen molar-refractivity contribution in [3.63, 3.8) is 0 Å². The number of rotatable bonds is 0. The van der Waals surface area contributed by atoms with Crippen LogP contribution < -0.4 is 4.74 Å². The lowest BCUT2D eigenvalue weighted by molar-refractivity contribution is 0.0439. The number of hydrogen-bond donors (Lipinski definition) is 1. The second kappa shape index (κ2) is 4.73. The molecule has 0 aliphatic carbocycles. The molecule has 2 aromatic carbocycles. The molecule has 1 N–H and O–H groups in total. The lowest BCUT2D eigenvalue weighted by Gasteiger charge is -2.21. The standard InChI is InChI=1S/C17H16ClNO2/c1-19-9-13-12-8-10(18)6-7-15(12)21-14-5-3-2-4-11(14)16(13)17(19)20/h2-8,13,16-17,20H,9H2,1H3. The van der Waals surface area contributed by atoms with Gasteiger partial charge in [0.05, 0.1) is 0 Å². The number of nitrogens with zero attached hydrogens (tertiary/aromatic N) is 1. The quantitative estimate of drug-likeness (QED) is 0.807. The SMILES string of the molecule is CN1CC2c3cc(Cl)ccc3Oc3ccccc3C2C1O. The zero-order valence-electron chi connectivity index (χ0n) is 11.7. The molecule has 0 bridgehead atoms. The normalized spacial score (nSPS) is 27.3. The molecule has 3 unspecified atom stereocenters. The highest BCUT2D eigenvalue weighted by atomic mass is 35.5. The molecular formula is C17H16ClNO2. The van der Waals surface area contributed by atoms with Crippen LogP contribution in [0.4, 0.5) is 0 Å². The van der Waals surface area contributed by atoms with E-state index < -0.39 is 6.23 Å². The van der Waals surface area contributed by atoms with Crippen molar-refractivity contribution >= 4 is 11.6 Å². The van der Waals surface area contributed by atoms with E-state index in [1.807, 2.05) is 54.4 Å². The molecule has 3 atom stereocenters. The average molecular weight is 302 g/mol. The maximum absolute atomic E-state index is 10.6. The summed E-state index contributed by atoms with van der Waals surface area (Å²) in [6.07, 6.45) is -0.510. The predicted octanol–water partition coefficient (Wildman–Crippen LogP) is 3.58. The van der Waals surface area contributed by atoms with Crippen molar-refractivity contribution in [3.8, 4) is 11.5 Å². The third-order valence-corrected chi connectivity index (χ3v) is 4.80. The van der Waals surface area contributed by atoms with Gasteiger partial charge in [-0.1, -0.05) is 29.8 Å². The molecule has 2 heterocycles. The highest BCUT2D eigenvalue weighted by Gasteiger charge is 2.44. The van der Waals surface area contributed by atoms with E-state index >= 15 is 0 Å². The number of likely N-dealkylation sites (tertiary alicyclic amines) is 1. The van der Waals surface area contributed by atoms with Crippen LogP contribution in [0.5, 0.6) is 11.5 Å². The molecule has 0 aromatic heterocycles. The second-order valence-electron chi connectivity index (χ2n) is 5.81. The number of fused-ring (bicyclic) bond motifs is 5. The van der Waals surface area contributed by atoms with E-state index in [2.05, 4.69) is 0 Å². The highest BCUT2D eigenvalue weighted by Crippen LogP contribution is 2.51. The summed E-state index contributed by atoms with van der Waals surface area (Å²) in [5.74, 6) is 1.85. The van der Waals surface area contributed by atoms with Gasteiger partial charge >= 0.3 is 0 Å². The summed E-state index contributed by atoms with van der Waals surface area (Å²) >= 11 is 6.17. The molecule has 108 valence electrons. The summed E-state index contributed by atoms with van der Waals surface area (Å²) in [5.41, 5.74) is 2.14. The van der Waals surface area contributed by atoms with Crippen LogP contribution in [-0.2, 0) is 0 Å². The third-order valence-electron chi connectivity index (χ3n) is 4.56. The first-order valence-electron chi connectivity index (χ1n) is 7.09. The Kier molecular flexibility index (Phi) is 2.96. The summed E-state index contributed by atoms with van der Waals surface area (Å²) in [4.78, 5) is 1.99. The Morgan fingerprint density at radius 3 is 2.76 bits per heavy atom. The van der Waals surface area contributed by atoms with Crippen LogP contribution in [0.2, 0.25) is 5.02 Å². The average Bonchev–Trinajstić information content (AvgIpc) is 2.70. The molecular weight excluding hydrogens is 286 g/mol. The molecule has 2 aliphatic heterocycles. The lowest BCUT2D eigenvalue weighted by Crippen LogP contribution is -2.27. The van der Waals surface area contributed by atoms with Gasteiger partial charge in [0.1, 0.15) is 17.7 Å². The highest BCUT2D eigenvalue weighted by molar-refractivity contribution is 6.30. The molecule has 0 saturated carbocycles. The zero-order chi connectivity index (χ0) is 14.6. The van der Waals surface area contributed by atoms with Crippen molar-refractivity contribution in [1.29, 1.82) is 0 Å². The van der Waals surface area contributed by atoms with Crippen molar-refractivity contribution in [1.82, 2.24) is 4.90 Å². The Morgan fingerprint density at radius 2 is 1.90 bits per heavy atom. The van der Waals surface area contributed by atoms with Gasteiger partial charge in [0, 0.05) is 34.5 Å². The first-order chi connectivity index (χ1) is 10.1. The van der Waals surface area contributed by atoms with Gasteiger partial charge < -0.3 is 9.84 Å². The number of benzene rings is 2. The van der Waals surface area contributed by atoms with E-state index in [4.69, 9.17) is 16.3 Å². The van der Waals surface area contributed by atoms with Crippen molar-refractivity contribution < 1.29 is 9.84 Å². The minimum atomic E-state index is -0.510. The van der Waals surface area contributed by atoms with Gasteiger partial charge in [-0.15, -0.1) is 0 Å². The summed E-state index contributed by atoms with van der Waals surface area (Å²) in [6.45, 7) is 0.789. The number of hydrogen-bond acceptors (Lipinski definition) is 3. The first-order valence-corrected chi connectivity index (χ1v) is 7.47. The molecule has 1 saturated heterocycles. The number of likely N-dealkylation sites (N-methyl/N-ethyl adjacent to an activating group) is 1. The van der Waals surface area contributed by atoms with E-state index in [1.165, 1.54) is 0 Å². The van der Waals surface area contributed by atoms with Crippen molar-refractivity contribution in [3.05, 3.63) is 58.6 Å². The number of ether oxygens (including phenoxy) is 1. The van der Waals surface area contributed by atoms with Crippen LogP contribution in [0, 0.1) is 0 Å². The van der Waals surface area contributed by atoms with Crippen LogP contribution >= 0.6 is 11.6 Å². The topological polar surface area (TPSA) is 32.7 Å². The van der Waals surface area contributed by atoms with Crippen molar-refractivity contribution in [2.24, 2.45) is 0 Å². The van der Waals surface area contributed by atoms with E-state index in [1.54, 1.807) is 0 Å². The first kappa shape index (κ1) is 13.1. The summed E-state index contributed by atoms with van der Waals surface area (Å²) < 4.78 is 6.09. The fourth-order valence-electron chi connectivity index (χ4n) is 3.55.